The molecule has 8 heteroatoms. The Morgan fingerprint density at radius 3 is 2.54 bits per heavy atom. The lowest BCUT2D eigenvalue weighted by Crippen LogP contribution is -2.45. The topological polar surface area (TPSA) is 100 Å². The normalized spacial score (nSPS) is 20.7. The first-order valence-electron chi connectivity index (χ1n) is 13.1. The van der Waals surface area contributed by atoms with Gasteiger partial charge in [-0.25, -0.2) is 0 Å². The highest BCUT2D eigenvalue weighted by atomic mass is 16.5. The fourth-order valence-corrected chi connectivity index (χ4v) is 5.45. The van der Waals surface area contributed by atoms with Gasteiger partial charge < -0.3 is 15.2 Å². The summed E-state index contributed by atoms with van der Waals surface area (Å²) in [5, 5.41) is 10.2. The van der Waals surface area contributed by atoms with E-state index in [9.17, 15) is 9.59 Å². The maximum Gasteiger partial charge on any atom is 0.227 e. The number of piperidine rings is 1. The number of anilines is 1. The molecule has 1 aliphatic heterocycles. The van der Waals surface area contributed by atoms with Crippen LogP contribution in [0.15, 0.2) is 28.8 Å². The van der Waals surface area contributed by atoms with E-state index in [-0.39, 0.29) is 18.2 Å². The fourth-order valence-electron chi connectivity index (χ4n) is 5.45. The van der Waals surface area contributed by atoms with Crippen LogP contribution in [0.2, 0.25) is 0 Å². The SMILES string of the molecule is CC(=O)NC1(c2noc(CCC(=O)Nc3ccc(CN4CCCC(C)C4)cc3)n2)CCCCCC1. The van der Waals surface area contributed by atoms with E-state index in [1.54, 1.807) is 0 Å². The number of nitrogens with one attached hydrogen (secondary N) is 2. The minimum atomic E-state index is -0.569. The van der Waals surface area contributed by atoms with Crippen LogP contribution in [-0.4, -0.2) is 39.9 Å². The second kappa shape index (κ2) is 11.8. The molecule has 1 unspecified atom stereocenters. The summed E-state index contributed by atoms with van der Waals surface area (Å²) in [6.07, 6.45) is 9.13. The van der Waals surface area contributed by atoms with Gasteiger partial charge >= 0.3 is 0 Å². The Hall–Kier alpha value is -2.74. The van der Waals surface area contributed by atoms with E-state index in [1.807, 2.05) is 12.1 Å². The Morgan fingerprint density at radius 2 is 1.86 bits per heavy atom. The van der Waals surface area contributed by atoms with Gasteiger partial charge in [0.05, 0.1) is 0 Å². The van der Waals surface area contributed by atoms with Crippen molar-refractivity contribution in [3.63, 3.8) is 0 Å². The molecular weight excluding hydrogens is 442 g/mol. The number of hydrogen-bond acceptors (Lipinski definition) is 6. The van der Waals surface area contributed by atoms with Crippen LogP contribution in [0, 0.1) is 5.92 Å². The first kappa shape index (κ1) is 25.4. The van der Waals surface area contributed by atoms with E-state index in [2.05, 4.69) is 44.7 Å². The van der Waals surface area contributed by atoms with E-state index in [4.69, 9.17) is 4.52 Å². The zero-order valence-electron chi connectivity index (χ0n) is 21.1. The van der Waals surface area contributed by atoms with Gasteiger partial charge in [-0.1, -0.05) is 49.9 Å². The summed E-state index contributed by atoms with van der Waals surface area (Å²) in [6, 6.07) is 8.12. The van der Waals surface area contributed by atoms with Crippen LogP contribution in [0.3, 0.4) is 0 Å². The predicted octanol–water partition coefficient (Wildman–Crippen LogP) is 4.56. The maximum atomic E-state index is 12.5. The van der Waals surface area contributed by atoms with Crippen LogP contribution >= 0.6 is 0 Å². The summed E-state index contributed by atoms with van der Waals surface area (Å²) in [4.78, 5) is 31.5. The van der Waals surface area contributed by atoms with Gasteiger partial charge in [0.1, 0.15) is 5.54 Å². The molecule has 1 saturated heterocycles. The number of likely N-dealkylation sites (tertiary alicyclic amines) is 1. The van der Waals surface area contributed by atoms with Crippen LogP contribution in [0.5, 0.6) is 0 Å². The molecule has 0 radical (unpaired) electrons. The standard InChI is InChI=1S/C27H39N5O3/c1-20-8-7-17-32(18-20)19-22-9-11-23(12-10-22)28-24(34)13-14-25-29-26(31-35-25)27(30-21(2)33)15-5-3-4-6-16-27/h9-12,20H,3-8,13-19H2,1-2H3,(H,28,34)(H,30,33). The third kappa shape index (κ3) is 7.13. The lowest BCUT2D eigenvalue weighted by molar-refractivity contribution is -0.121. The molecule has 2 amide bonds. The zero-order valence-corrected chi connectivity index (χ0v) is 21.1. The van der Waals surface area contributed by atoms with Crippen molar-refractivity contribution in [2.45, 2.75) is 90.1 Å². The quantitative estimate of drug-likeness (QED) is 0.536. The number of rotatable bonds is 8. The second-order valence-electron chi connectivity index (χ2n) is 10.4. The smallest absolute Gasteiger partial charge is 0.227 e. The monoisotopic (exact) mass is 481 g/mol. The third-order valence-electron chi connectivity index (χ3n) is 7.22. The van der Waals surface area contributed by atoms with Crippen molar-refractivity contribution in [2.75, 3.05) is 18.4 Å². The van der Waals surface area contributed by atoms with Gasteiger partial charge in [-0.05, 0) is 55.8 Å². The van der Waals surface area contributed by atoms with Crippen LogP contribution in [0.25, 0.3) is 0 Å². The molecule has 4 rings (SSSR count). The molecule has 1 aromatic heterocycles. The molecule has 2 heterocycles. The van der Waals surface area contributed by atoms with Crippen LogP contribution in [0.4, 0.5) is 5.69 Å². The maximum absolute atomic E-state index is 12.5. The highest BCUT2D eigenvalue weighted by molar-refractivity contribution is 5.90. The number of benzene rings is 1. The Labute approximate surface area is 208 Å². The molecule has 2 N–H and O–H groups in total. The Bertz CT molecular complexity index is 979. The lowest BCUT2D eigenvalue weighted by Gasteiger charge is -2.30. The highest BCUT2D eigenvalue weighted by Gasteiger charge is 2.38. The summed E-state index contributed by atoms with van der Waals surface area (Å²) in [6.45, 7) is 7.11. The summed E-state index contributed by atoms with van der Waals surface area (Å²) in [5.74, 6) is 1.54. The van der Waals surface area contributed by atoms with Crippen molar-refractivity contribution in [3.05, 3.63) is 41.5 Å². The van der Waals surface area contributed by atoms with Crippen molar-refractivity contribution in [2.24, 2.45) is 5.92 Å². The number of hydrogen-bond donors (Lipinski definition) is 2. The minimum absolute atomic E-state index is 0.0888. The van der Waals surface area contributed by atoms with Gasteiger partial charge in [-0.2, -0.15) is 4.98 Å². The molecule has 2 fully saturated rings. The molecule has 0 bridgehead atoms. The van der Waals surface area contributed by atoms with Crippen molar-refractivity contribution in [1.29, 1.82) is 0 Å². The molecule has 2 aliphatic rings. The van der Waals surface area contributed by atoms with Crippen LogP contribution in [-0.2, 0) is 28.1 Å². The largest absolute Gasteiger partial charge is 0.343 e. The number of aromatic nitrogens is 2. The van der Waals surface area contributed by atoms with Gasteiger partial charge in [0.15, 0.2) is 5.82 Å². The van der Waals surface area contributed by atoms with Gasteiger partial charge in [-0.15, -0.1) is 0 Å². The Balaban J connectivity index is 1.28. The average molecular weight is 482 g/mol. The summed E-state index contributed by atoms with van der Waals surface area (Å²) in [5.41, 5.74) is 1.49. The molecule has 8 nitrogen and oxygen atoms in total. The number of nitrogens with zero attached hydrogens (tertiary/aromatic N) is 3. The molecule has 35 heavy (non-hydrogen) atoms. The number of carbonyl (C=O) groups is 2. The first-order chi connectivity index (χ1) is 16.9. The molecule has 1 saturated carbocycles. The van der Waals surface area contributed by atoms with E-state index in [0.29, 0.717) is 18.1 Å². The molecule has 1 aliphatic carbocycles. The minimum Gasteiger partial charge on any atom is -0.343 e. The van der Waals surface area contributed by atoms with E-state index < -0.39 is 5.54 Å². The van der Waals surface area contributed by atoms with E-state index in [1.165, 1.54) is 25.3 Å². The lowest BCUT2D eigenvalue weighted by atomic mass is 9.89. The number of amides is 2. The summed E-state index contributed by atoms with van der Waals surface area (Å²) in [7, 11) is 0. The Morgan fingerprint density at radius 1 is 1.11 bits per heavy atom. The van der Waals surface area contributed by atoms with Crippen molar-refractivity contribution in [1.82, 2.24) is 20.4 Å². The average Bonchev–Trinajstić information content (AvgIpc) is 3.19. The van der Waals surface area contributed by atoms with Crippen molar-refractivity contribution >= 4 is 17.5 Å². The fraction of sp³-hybridized carbons (Fsp3) is 0.630. The number of carbonyl (C=O) groups excluding carboxylic acids is 2. The molecule has 0 spiro atoms. The number of aryl methyl sites for hydroxylation is 1. The summed E-state index contributed by atoms with van der Waals surface area (Å²) < 4.78 is 5.46. The van der Waals surface area contributed by atoms with Gasteiger partial charge in [0, 0.05) is 38.5 Å². The molecule has 1 atom stereocenters. The van der Waals surface area contributed by atoms with Gasteiger partial charge in [0.25, 0.3) is 0 Å². The summed E-state index contributed by atoms with van der Waals surface area (Å²) >= 11 is 0. The third-order valence-corrected chi connectivity index (χ3v) is 7.22. The second-order valence-corrected chi connectivity index (χ2v) is 10.4. The van der Waals surface area contributed by atoms with Gasteiger partial charge in [-0.3, -0.25) is 14.5 Å². The van der Waals surface area contributed by atoms with E-state index in [0.717, 1.165) is 69.8 Å². The van der Waals surface area contributed by atoms with E-state index >= 15 is 0 Å². The zero-order chi connectivity index (χ0) is 24.7. The first-order valence-corrected chi connectivity index (χ1v) is 13.1. The molecule has 190 valence electrons. The molecule has 2 aromatic rings. The highest BCUT2D eigenvalue weighted by Crippen LogP contribution is 2.34. The van der Waals surface area contributed by atoms with Gasteiger partial charge in [0.2, 0.25) is 17.7 Å². The van der Waals surface area contributed by atoms with Crippen molar-refractivity contribution in [3.8, 4) is 0 Å². The van der Waals surface area contributed by atoms with Crippen LogP contribution < -0.4 is 10.6 Å². The van der Waals surface area contributed by atoms with Crippen LogP contribution in [0.1, 0.15) is 88.9 Å². The van der Waals surface area contributed by atoms with Crippen molar-refractivity contribution < 1.29 is 14.1 Å². The Kier molecular flexibility index (Phi) is 8.55. The predicted molar refractivity (Wildman–Crippen MR) is 135 cm³/mol. The molecular formula is C27H39N5O3. The molecule has 1 aromatic carbocycles.